The van der Waals surface area contributed by atoms with Crippen LogP contribution in [-0.2, 0) is 0 Å². The summed E-state index contributed by atoms with van der Waals surface area (Å²) in [6.07, 6.45) is 8.14. The van der Waals surface area contributed by atoms with Gasteiger partial charge in [0.1, 0.15) is 5.52 Å². The molecule has 1 fully saturated rings. The smallest absolute Gasteiger partial charge is 0.246 e. The van der Waals surface area contributed by atoms with E-state index < -0.39 is 0 Å². The molecule has 3 rings (SSSR count). The molecule has 1 saturated carbocycles. The zero-order valence-electron chi connectivity index (χ0n) is 8.65. The summed E-state index contributed by atoms with van der Waals surface area (Å²) in [5, 5.41) is 0. The van der Waals surface area contributed by atoms with Gasteiger partial charge in [0.2, 0.25) is 11.6 Å². The Bertz CT molecular complexity index is 424. The highest BCUT2D eigenvalue weighted by Gasteiger charge is 2.20. The van der Waals surface area contributed by atoms with Crippen molar-refractivity contribution >= 4 is 11.2 Å². The number of nitrogens with zero attached hydrogens (tertiary/aromatic N) is 2. The molecular formula is C12H14N2O. The minimum atomic E-state index is 0.521. The summed E-state index contributed by atoms with van der Waals surface area (Å²) >= 11 is 0. The first-order valence-electron chi connectivity index (χ1n) is 5.65. The van der Waals surface area contributed by atoms with Gasteiger partial charge in [-0.1, -0.05) is 19.3 Å². The summed E-state index contributed by atoms with van der Waals surface area (Å²) in [4.78, 5) is 8.67. The zero-order chi connectivity index (χ0) is 10.1. The highest BCUT2D eigenvalue weighted by molar-refractivity contribution is 5.67. The molecule has 0 aromatic carbocycles. The average Bonchev–Trinajstić information content (AvgIpc) is 2.74. The molecule has 2 heterocycles. The van der Waals surface area contributed by atoms with Crippen LogP contribution in [0.15, 0.2) is 22.7 Å². The molecule has 2 aromatic rings. The van der Waals surface area contributed by atoms with Crippen molar-refractivity contribution < 1.29 is 4.42 Å². The van der Waals surface area contributed by atoms with Crippen molar-refractivity contribution in [2.45, 2.75) is 38.0 Å². The molecule has 0 atom stereocenters. The van der Waals surface area contributed by atoms with Crippen molar-refractivity contribution in [3.05, 3.63) is 24.2 Å². The lowest BCUT2D eigenvalue weighted by Gasteiger charge is -2.17. The number of hydrogen-bond donors (Lipinski definition) is 0. The van der Waals surface area contributed by atoms with Crippen LogP contribution in [0.1, 0.15) is 43.9 Å². The summed E-state index contributed by atoms with van der Waals surface area (Å²) in [7, 11) is 0. The maximum absolute atomic E-state index is 5.69. The lowest BCUT2D eigenvalue weighted by molar-refractivity contribution is 0.371. The summed E-state index contributed by atoms with van der Waals surface area (Å²) in [5.74, 6) is 1.41. The van der Waals surface area contributed by atoms with Gasteiger partial charge in [0.05, 0.1) is 0 Å². The fraction of sp³-hybridized carbons (Fsp3) is 0.500. The molecule has 0 saturated heterocycles. The lowest BCUT2D eigenvalue weighted by atomic mass is 9.89. The fourth-order valence-corrected chi connectivity index (χ4v) is 2.31. The molecule has 0 aliphatic heterocycles. The van der Waals surface area contributed by atoms with Crippen LogP contribution in [0.25, 0.3) is 11.2 Å². The molecule has 1 aliphatic carbocycles. The van der Waals surface area contributed by atoms with E-state index in [1.54, 1.807) is 6.20 Å². The average molecular weight is 202 g/mol. The van der Waals surface area contributed by atoms with Gasteiger partial charge in [-0.25, -0.2) is 9.97 Å². The number of hydrogen-bond acceptors (Lipinski definition) is 3. The van der Waals surface area contributed by atoms with Gasteiger partial charge >= 0.3 is 0 Å². The zero-order valence-corrected chi connectivity index (χ0v) is 8.65. The van der Waals surface area contributed by atoms with Crippen molar-refractivity contribution in [3.63, 3.8) is 0 Å². The first-order valence-corrected chi connectivity index (χ1v) is 5.65. The number of oxazole rings is 1. The van der Waals surface area contributed by atoms with Crippen molar-refractivity contribution in [3.8, 4) is 0 Å². The maximum atomic E-state index is 5.69. The molecule has 78 valence electrons. The van der Waals surface area contributed by atoms with Crippen LogP contribution in [0.4, 0.5) is 0 Å². The second kappa shape index (κ2) is 3.65. The Kier molecular flexibility index (Phi) is 2.16. The summed E-state index contributed by atoms with van der Waals surface area (Å²) in [6, 6.07) is 3.85. The quantitative estimate of drug-likeness (QED) is 0.712. The molecule has 0 unspecified atom stereocenters. The van der Waals surface area contributed by atoms with E-state index in [1.165, 1.54) is 32.1 Å². The third kappa shape index (κ3) is 1.62. The summed E-state index contributed by atoms with van der Waals surface area (Å²) in [6.45, 7) is 0. The first kappa shape index (κ1) is 8.89. The Morgan fingerprint density at radius 1 is 1.20 bits per heavy atom. The summed E-state index contributed by atoms with van der Waals surface area (Å²) in [5.41, 5.74) is 1.57. The van der Waals surface area contributed by atoms with E-state index in [2.05, 4.69) is 9.97 Å². The largest absolute Gasteiger partial charge is 0.422 e. The van der Waals surface area contributed by atoms with Gasteiger partial charge in [-0.15, -0.1) is 0 Å². The third-order valence-corrected chi connectivity index (χ3v) is 3.14. The molecule has 15 heavy (non-hydrogen) atoms. The van der Waals surface area contributed by atoms with Crippen LogP contribution in [0.2, 0.25) is 0 Å². The molecule has 3 heteroatoms. The van der Waals surface area contributed by atoms with E-state index in [4.69, 9.17) is 4.42 Å². The molecule has 3 nitrogen and oxygen atoms in total. The van der Waals surface area contributed by atoms with Gasteiger partial charge in [0.25, 0.3) is 0 Å². The Balaban J connectivity index is 1.96. The van der Waals surface area contributed by atoms with Crippen LogP contribution >= 0.6 is 0 Å². The van der Waals surface area contributed by atoms with Gasteiger partial charge in [0, 0.05) is 12.1 Å². The van der Waals surface area contributed by atoms with Crippen LogP contribution in [-0.4, -0.2) is 9.97 Å². The monoisotopic (exact) mass is 202 g/mol. The standard InChI is InChI=1S/C12H14N2O/c1-2-5-9(6-3-1)11-14-10-7-4-8-13-12(10)15-11/h4,7-9H,1-3,5-6H2. The number of fused-ring (bicyclic) bond motifs is 1. The highest BCUT2D eigenvalue weighted by Crippen LogP contribution is 2.33. The molecule has 0 spiro atoms. The predicted octanol–water partition coefficient (Wildman–Crippen LogP) is 3.27. The third-order valence-electron chi connectivity index (χ3n) is 3.14. The normalized spacial score (nSPS) is 18.4. The summed E-state index contributed by atoms with van der Waals surface area (Å²) < 4.78 is 5.69. The van der Waals surface area contributed by atoms with E-state index in [1.807, 2.05) is 12.1 Å². The van der Waals surface area contributed by atoms with E-state index >= 15 is 0 Å². The van der Waals surface area contributed by atoms with E-state index in [0.29, 0.717) is 11.6 Å². The molecule has 2 aromatic heterocycles. The molecule has 1 aliphatic rings. The highest BCUT2D eigenvalue weighted by atomic mass is 16.4. The van der Waals surface area contributed by atoms with Crippen LogP contribution in [0, 0.1) is 0 Å². The second-order valence-electron chi connectivity index (χ2n) is 4.21. The van der Waals surface area contributed by atoms with Gasteiger partial charge in [-0.2, -0.15) is 0 Å². The topological polar surface area (TPSA) is 38.9 Å². The van der Waals surface area contributed by atoms with Crippen molar-refractivity contribution in [2.75, 3.05) is 0 Å². The van der Waals surface area contributed by atoms with E-state index in [9.17, 15) is 0 Å². The molecule has 0 N–H and O–H groups in total. The van der Waals surface area contributed by atoms with E-state index in [-0.39, 0.29) is 0 Å². The fourth-order valence-electron chi connectivity index (χ4n) is 2.31. The molecular weight excluding hydrogens is 188 g/mol. The number of rotatable bonds is 1. The minimum Gasteiger partial charge on any atom is -0.422 e. The van der Waals surface area contributed by atoms with Gasteiger partial charge in [-0.05, 0) is 25.0 Å². The molecule has 0 radical (unpaired) electrons. The van der Waals surface area contributed by atoms with Crippen molar-refractivity contribution in [2.24, 2.45) is 0 Å². The molecule has 0 bridgehead atoms. The van der Waals surface area contributed by atoms with Crippen LogP contribution < -0.4 is 0 Å². The lowest BCUT2D eigenvalue weighted by Crippen LogP contribution is -2.04. The van der Waals surface area contributed by atoms with E-state index in [0.717, 1.165) is 11.4 Å². The van der Waals surface area contributed by atoms with Crippen LogP contribution in [0.5, 0.6) is 0 Å². The van der Waals surface area contributed by atoms with Gasteiger partial charge < -0.3 is 4.42 Å². The van der Waals surface area contributed by atoms with Crippen molar-refractivity contribution in [1.29, 1.82) is 0 Å². The van der Waals surface area contributed by atoms with Crippen molar-refractivity contribution in [1.82, 2.24) is 9.97 Å². The number of aromatic nitrogens is 2. The minimum absolute atomic E-state index is 0.521. The Morgan fingerprint density at radius 3 is 2.87 bits per heavy atom. The maximum Gasteiger partial charge on any atom is 0.246 e. The van der Waals surface area contributed by atoms with Crippen LogP contribution in [0.3, 0.4) is 0 Å². The van der Waals surface area contributed by atoms with Gasteiger partial charge in [-0.3, -0.25) is 0 Å². The second-order valence-corrected chi connectivity index (χ2v) is 4.21. The van der Waals surface area contributed by atoms with Gasteiger partial charge in [0.15, 0.2) is 0 Å². The Morgan fingerprint density at radius 2 is 2.07 bits per heavy atom. The Hall–Kier alpha value is -1.38. The first-order chi connectivity index (χ1) is 7.43. The predicted molar refractivity (Wildman–Crippen MR) is 57.6 cm³/mol. The SMILES string of the molecule is c1cnc2oc(C3CCCCC3)nc2c1. The number of pyridine rings is 1. The molecule has 0 amide bonds. The Labute approximate surface area is 88.5 Å².